The predicted octanol–water partition coefficient (Wildman–Crippen LogP) is 1.29. The quantitative estimate of drug-likeness (QED) is 0.354. The summed E-state index contributed by atoms with van der Waals surface area (Å²) in [5.41, 5.74) is 0. The number of nitrogens with zero attached hydrogens (tertiary/aromatic N) is 1. The van der Waals surface area contributed by atoms with E-state index >= 15 is 0 Å². The summed E-state index contributed by atoms with van der Waals surface area (Å²) in [5, 5.41) is 0. The molecule has 0 aliphatic heterocycles. The molecule has 0 aromatic rings. The van der Waals surface area contributed by atoms with Gasteiger partial charge in [0.25, 0.3) is 0 Å². The molecule has 0 aromatic carbocycles. The second-order valence-corrected chi connectivity index (χ2v) is 2.45. The van der Waals surface area contributed by atoms with Crippen LogP contribution in [-0.2, 0) is 9.53 Å². The fourth-order valence-corrected chi connectivity index (χ4v) is 0.644. The van der Waals surface area contributed by atoms with Crippen LogP contribution in [0.15, 0.2) is 4.40 Å². The van der Waals surface area contributed by atoms with Crippen LogP contribution in [0.3, 0.4) is 0 Å². The number of hydrogen-bond acceptors (Lipinski definition) is 4. The molecule has 0 aliphatic rings. The summed E-state index contributed by atoms with van der Waals surface area (Å²) < 4.78 is 8.31. The molecule has 0 spiro atoms. The van der Waals surface area contributed by atoms with Crippen molar-refractivity contribution in [3.05, 3.63) is 0 Å². The Kier molecular flexibility index (Phi) is 6.27. The lowest BCUT2D eigenvalue weighted by molar-refractivity contribution is -0.134. The minimum absolute atomic E-state index is 0.372. The SMILES string of the molecule is CCOC(=O)C=NSCC. The lowest BCUT2D eigenvalue weighted by Crippen LogP contribution is -2.03. The van der Waals surface area contributed by atoms with E-state index in [4.69, 9.17) is 0 Å². The van der Waals surface area contributed by atoms with Gasteiger partial charge in [0.2, 0.25) is 0 Å². The summed E-state index contributed by atoms with van der Waals surface area (Å²) in [5.74, 6) is 0.499. The van der Waals surface area contributed by atoms with Gasteiger partial charge in [0.1, 0.15) is 6.21 Å². The van der Waals surface area contributed by atoms with Gasteiger partial charge in [-0.05, 0) is 18.9 Å². The van der Waals surface area contributed by atoms with Crippen LogP contribution >= 0.6 is 11.9 Å². The number of esters is 1. The topological polar surface area (TPSA) is 38.7 Å². The predicted molar refractivity (Wildman–Crippen MR) is 43.3 cm³/mol. The van der Waals surface area contributed by atoms with E-state index in [1.165, 1.54) is 18.2 Å². The standard InChI is InChI=1S/C6H11NO2S/c1-3-9-6(8)5-7-10-4-2/h5H,3-4H2,1-2H3. The van der Waals surface area contributed by atoms with Crippen LogP contribution in [-0.4, -0.2) is 24.5 Å². The molecule has 4 heteroatoms. The molecule has 0 saturated heterocycles. The van der Waals surface area contributed by atoms with E-state index in [0.29, 0.717) is 6.61 Å². The molecule has 3 nitrogen and oxygen atoms in total. The largest absolute Gasteiger partial charge is 0.462 e. The monoisotopic (exact) mass is 161 g/mol. The zero-order chi connectivity index (χ0) is 7.82. The normalized spacial score (nSPS) is 10.2. The van der Waals surface area contributed by atoms with Gasteiger partial charge in [-0.2, -0.15) is 0 Å². The molecule has 0 amide bonds. The highest BCUT2D eigenvalue weighted by molar-refractivity contribution is 7.98. The van der Waals surface area contributed by atoms with Crippen LogP contribution in [0.4, 0.5) is 0 Å². The van der Waals surface area contributed by atoms with Crippen molar-refractivity contribution in [3.8, 4) is 0 Å². The Labute approximate surface area is 65.0 Å². The number of ether oxygens (including phenoxy) is 1. The molecule has 0 aliphatic carbocycles. The zero-order valence-electron chi connectivity index (χ0n) is 6.16. The second-order valence-electron chi connectivity index (χ2n) is 1.40. The molecule has 0 heterocycles. The maximum absolute atomic E-state index is 10.5. The summed E-state index contributed by atoms with van der Waals surface area (Å²) in [6, 6.07) is 0. The van der Waals surface area contributed by atoms with E-state index in [1.807, 2.05) is 6.92 Å². The summed E-state index contributed by atoms with van der Waals surface area (Å²) in [6.07, 6.45) is 1.19. The molecule has 10 heavy (non-hydrogen) atoms. The lowest BCUT2D eigenvalue weighted by Gasteiger charge is -1.92. The van der Waals surface area contributed by atoms with Gasteiger partial charge in [0.05, 0.1) is 6.61 Å². The zero-order valence-corrected chi connectivity index (χ0v) is 6.98. The van der Waals surface area contributed by atoms with Gasteiger partial charge in [0, 0.05) is 5.75 Å². The average Bonchev–Trinajstić information content (AvgIpc) is 1.89. The summed E-state index contributed by atoms with van der Waals surface area (Å²) in [6.45, 7) is 4.13. The summed E-state index contributed by atoms with van der Waals surface area (Å²) >= 11 is 1.33. The van der Waals surface area contributed by atoms with Crippen molar-refractivity contribution in [1.82, 2.24) is 0 Å². The first-order valence-electron chi connectivity index (χ1n) is 3.13. The third kappa shape index (κ3) is 5.62. The Balaban J connectivity index is 3.36. The van der Waals surface area contributed by atoms with Gasteiger partial charge >= 0.3 is 5.97 Å². The highest BCUT2D eigenvalue weighted by Crippen LogP contribution is 1.97. The summed E-state index contributed by atoms with van der Waals surface area (Å²) in [4.78, 5) is 10.5. The Morgan fingerprint density at radius 1 is 1.70 bits per heavy atom. The van der Waals surface area contributed by atoms with E-state index in [0.717, 1.165) is 5.75 Å². The van der Waals surface area contributed by atoms with Crippen LogP contribution in [0.1, 0.15) is 13.8 Å². The van der Waals surface area contributed by atoms with E-state index in [1.54, 1.807) is 6.92 Å². The Morgan fingerprint density at radius 3 is 2.90 bits per heavy atom. The maximum Gasteiger partial charge on any atom is 0.350 e. The van der Waals surface area contributed by atoms with Gasteiger partial charge in [0.15, 0.2) is 0 Å². The molecule has 0 aromatic heterocycles. The van der Waals surface area contributed by atoms with Gasteiger partial charge < -0.3 is 4.74 Å². The summed E-state index contributed by atoms with van der Waals surface area (Å²) in [7, 11) is 0. The van der Waals surface area contributed by atoms with Crippen molar-refractivity contribution < 1.29 is 9.53 Å². The molecule has 0 bridgehead atoms. The van der Waals surface area contributed by atoms with Crippen LogP contribution in [0, 0.1) is 0 Å². The molecule has 0 N–H and O–H groups in total. The number of carbonyl (C=O) groups is 1. The molecule has 0 fully saturated rings. The lowest BCUT2D eigenvalue weighted by atomic mass is 10.7. The first-order valence-corrected chi connectivity index (χ1v) is 4.07. The smallest absolute Gasteiger partial charge is 0.350 e. The van der Waals surface area contributed by atoms with E-state index in [9.17, 15) is 4.79 Å². The number of carbonyl (C=O) groups excluding carboxylic acids is 1. The second kappa shape index (κ2) is 6.61. The fourth-order valence-electron chi connectivity index (χ4n) is 0.334. The van der Waals surface area contributed by atoms with Gasteiger partial charge in [-0.15, -0.1) is 0 Å². The molecule has 0 saturated carbocycles. The first kappa shape index (κ1) is 9.49. The van der Waals surface area contributed by atoms with Crippen molar-refractivity contribution in [2.45, 2.75) is 13.8 Å². The Morgan fingerprint density at radius 2 is 2.40 bits per heavy atom. The molecular weight excluding hydrogens is 150 g/mol. The Bertz CT molecular complexity index is 125. The van der Waals surface area contributed by atoms with E-state index in [2.05, 4.69) is 9.13 Å². The number of hydrogen-bond donors (Lipinski definition) is 0. The van der Waals surface area contributed by atoms with E-state index in [-0.39, 0.29) is 5.97 Å². The van der Waals surface area contributed by atoms with Crippen molar-refractivity contribution in [2.75, 3.05) is 12.4 Å². The molecule has 0 rings (SSSR count). The van der Waals surface area contributed by atoms with Crippen molar-refractivity contribution in [1.29, 1.82) is 0 Å². The number of rotatable bonds is 4. The minimum atomic E-state index is -0.372. The van der Waals surface area contributed by atoms with Crippen LogP contribution in [0.2, 0.25) is 0 Å². The highest BCUT2D eigenvalue weighted by atomic mass is 32.2. The van der Waals surface area contributed by atoms with Gasteiger partial charge in [-0.25, -0.2) is 9.19 Å². The fraction of sp³-hybridized carbons (Fsp3) is 0.667. The third-order valence-electron chi connectivity index (χ3n) is 0.648. The molecule has 0 radical (unpaired) electrons. The first-order chi connectivity index (χ1) is 4.81. The molecule has 0 unspecified atom stereocenters. The van der Waals surface area contributed by atoms with Crippen molar-refractivity contribution in [2.24, 2.45) is 4.40 Å². The van der Waals surface area contributed by atoms with Gasteiger partial charge in [-0.1, -0.05) is 6.92 Å². The molecule has 58 valence electrons. The average molecular weight is 161 g/mol. The third-order valence-corrected chi connectivity index (χ3v) is 1.16. The maximum atomic E-state index is 10.5. The van der Waals surface area contributed by atoms with Crippen molar-refractivity contribution in [3.63, 3.8) is 0 Å². The Hall–Kier alpha value is -0.510. The highest BCUT2D eigenvalue weighted by Gasteiger charge is 1.92. The van der Waals surface area contributed by atoms with Gasteiger partial charge in [-0.3, -0.25) is 0 Å². The minimum Gasteiger partial charge on any atom is -0.462 e. The molecular formula is C6H11NO2S. The van der Waals surface area contributed by atoms with E-state index < -0.39 is 0 Å². The van der Waals surface area contributed by atoms with Crippen LogP contribution in [0.25, 0.3) is 0 Å². The van der Waals surface area contributed by atoms with Crippen LogP contribution < -0.4 is 0 Å². The molecule has 0 atom stereocenters. The van der Waals surface area contributed by atoms with Crippen molar-refractivity contribution >= 4 is 24.1 Å². The van der Waals surface area contributed by atoms with Crippen LogP contribution in [0.5, 0.6) is 0 Å².